The molecule has 3 heterocycles. The van der Waals surface area contributed by atoms with Gasteiger partial charge in [-0.15, -0.1) is 10.2 Å². The number of nitrogens with zero attached hydrogens (tertiary/aromatic N) is 4. The molecule has 1 aliphatic rings. The summed E-state index contributed by atoms with van der Waals surface area (Å²) in [4.78, 5) is 4.69. The van der Waals surface area contributed by atoms with Crippen LogP contribution in [-0.4, -0.2) is 40.0 Å². The molecule has 30 heavy (non-hydrogen) atoms. The molecule has 5 rings (SSSR count). The van der Waals surface area contributed by atoms with E-state index >= 15 is 0 Å². The van der Waals surface area contributed by atoms with E-state index in [1.165, 1.54) is 17.3 Å². The van der Waals surface area contributed by atoms with Crippen LogP contribution in [0, 0.1) is 5.92 Å². The van der Waals surface area contributed by atoms with Crippen molar-refractivity contribution in [1.29, 1.82) is 0 Å². The van der Waals surface area contributed by atoms with Crippen LogP contribution in [-0.2, 0) is 13.7 Å². The number of fused-ring (bicyclic) bond motifs is 1. The van der Waals surface area contributed by atoms with Gasteiger partial charge in [0.15, 0.2) is 19.4 Å². The molecule has 0 atom stereocenters. The van der Waals surface area contributed by atoms with Crippen LogP contribution >= 0.6 is 0 Å². The number of aryl methyl sites for hydroxylation is 1. The highest BCUT2D eigenvalue weighted by atomic mass is 28.3. The number of aliphatic hydroxyl groups is 1. The molecule has 0 amide bonds. The summed E-state index contributed by atoms with van der Waals surface area (Å²) in [5.41, 5.74) is 4.07. The van der Waals surface area contributed by atoms with Crippen LogP contribution in [0.25, 0.3) is 22.6 Å². The smallest absolute Gasteiger partial charge is 0.227 e. The van der Waals surface area contributed by atoms with Crippen molar-refractivity contribution in [2.24, 2.45) is 13.0 Å². The molecule has 1 saturated heterocycles. The Kier molecular flexibility index (Phi) is 4.48. The summed E-state index contributed by atoms with van der Waals surface area (Å²) in [7, 11) is 1.70. The fourth-order valence-electron chi connectivity index (χ4n) is 4.77. The first-order valence-electron chi connectivity index (χ1n) is 10.1. The van der Waals surface area contributed by atoms with Crippen LogP contribution in [0.2, 0.25) is 12.1 Å². The number of rotatable bonds is 5. The number of aromatic nitrogens is 4. The van der Waals surface area contributed by atoms with Crippen molar-refractivity contribution in [3.8, 4) is 17.2 Å². The van der Waals surface area contributed by atoms with Crippen molar-refractivity contribution < 1.29 is 14.3 Å². The fourth-order valence-corrected chi connectivity index (χ4v) is 9.95. The monoisotopic (exact) mass is 420 g/mol. The van der Waals surface area contributed by atoms with Gasteiger partial charge < -0.3 is 18.8 Å². The van der Waals surface area contributed by atoms with Gasteiger partial charge in [0.25, 0.3) is 0 Å². The third-order valence-corrected chi connectivity index (χ3v) is 11.6. The number of oxazole rings is 1. The zero-order valence-corrected chi connectivity index (χ0v) is 18.3. The first-order chi connectivity index (χ1) is 14.5. The van der Waals surface area contributed by atoms with Gasteiger partial charge in [-0.1, -0.05) is 19.1 Å². The van der Waals surface area contributed by atoms with Gasteiger partial charge in [0.1, 0.15) is 17.3 Å². The minimum absolute atomic E-state index is 0.0754. The van der Waals surface area contributed by atoms with E-state index < -0.39 is 8.07 Å². The quantitative estimate of drug-likeness (QED) is 0.499. The molecule has 8 heteroatoms. The van der Waals surface area contributed by atoms with Gasteiger partial charge in [-0.05, 0) is 53.0 Å². The fraction of sp³-hybridized carbons (Fsp3) is 0.318. The topological polar surface area (TPSA) is 86.2 Å². The molecule has 4 aromatic rings. The van der Waals surface area contributed by atoms with Crippen LogP contribution in [0.15, 0.2) is 47.1 Å². The molecular formula is C22H24N4O3Si. The van der Waals surface area contributed by atoms with Crippen molar-refractivity contribution in [3.63, 3.8) is 0 Å². The van der Waals surface area contributed by atoms with Gasteiger partial charge in [-0.25, -0.2) is 4.98 Å². The lowest BCUT2D eigenvalue weighted by atomic mass is 10.2. The second kappa shape index (κ2) is 7.07. The Hall–Kier alpha value is -2.97. The summed E-state index contributed by atoms with van der Waals surface area (Å²) in [6.07, 6.45) is 1.79. The van der Waals surface area contributed by atoms with Crippen LogP contribution in [0.5, 0.6) is 5.75 Å². The summed E-state index contributed by atoms with van der Waals surface area (Å²) < 4.78 is 13.6. The zero-order valence-electron chi connectivity index (χ0n) is 17.3. The lowest BCUT2D eigenvalue weighted by Crippen LogP contribution is -2.68. The molecule has 1 N–H and O–H groups in total. The molecule has 1 aliphatic heterocycles. The SMILES string of the molecule is COc1cc(CO)cc2nc(-c3cccc([Si@]4(c5nncn5C)C[C@@H](C)C4)c3)oc12. The van der Waals surface area contributed by atoms with E-state index in [0.29, 0.717) is 28.7 Å². The molecule has 0 spiro atoms. The van der Waals surface area contributed by atoms with E-state index in [9.17, 15) is 5.11 Å². The van der Waals surface area contributed by atoms with E-state index in [-0.39, 0.29) is 6.61 Å². The number of aliphatic hydroxyl groups excluding tert-OH is 1. The van der Waals surface area contributed by atoms with Crippen LogP contribution in [0.3, 0.4) is 0 Å². The van der Waals surface area contributed by atoms with Gasteiger partial charge in [0, 0.05) is 12.6 Å². The van der Waals surface area contributed by atoms with Crippen LogP contribution in [0.4, 0.5) is 0 Å². The van der Waals surface area contributed by atoms with E-state index in [1.54, 1.807) is 19.5 Å². The van der Waals surface area contributed by atoms with E-state index in [4.69, 9.17) is 9.15 Å². The van der Waals surface area contributed by atoms with Gasteiger partial charge in [-0.2, -0.15) is 0 Å². The molecule has 0 unspecified atom stereocenters. The maximum Gasteiger partial charge on any atom is 0.227 e. The summed E-state index contributed by atoms with van der Waals surface area (Å²) in [5, 5.41) is 19.5. The van der Waals surface area contributed by atoms with Gasteiger partial charge >= 0.3 is 0 Å². The second-order valence-corrected chi connectivity index (χ2v) is 12.3. The molecule has 2 aromatic heterocycles. The highest BCUT2D eigenvalue weighted by molar-refractivity contribution is 7.03. The van der Waals surface area contributed by atoms with Crippen molar-refractivity contribution in [1.82, 2.24) is 19.7 Å². The predicted octanol–water partition coefficient (Wildman–Crippen LogP) is 2.34. The molecule has 0 radical (unpaired) electrons. The average molecular weight is 421 g/mol. The predicted molar refractivity (Wildman–Crippen MR) is 117 cm³/mol. The third kappa shape index (κ3) is 2.86. The van der Waals surface area contributed by atoms with Gasteiger partial charge in [-0.3, -0.25) is 0 Å². The van der Waals surface area contributed by atoms with E-state index in [1.807, 2.05) is 19.2 Å². The van der Waals surface area contributed by atoms with Crippen molar-refractivity contribution >= 4 is 29.8 Å². The molecule has 7 nitrogen and oxygen atoms in total. The molecule has 2 aromatic carbocycles. The Morgan fingerprint density at radius 2 is 2.10 bits per heavy atom. The average Bonchev–Trinajstić information content (AvgIpc) is 3.36. The number of ether oxygens (including phenoxy) is 1. The Balaban J connectivity index is 1.61. The van der Waals surface area contributed by atoms with Crippen LogP contribution < -0.4 is 15.4 Å². The third-order valence-electron chi connectivity index (χ3n) is 6.11. The second-order valence-electron chi connectivity index (χ2n) is 8.27. The van der Waals surface area contributed by atoms with Gasteiger partial charge in [0.05, 0.1) is 13.7 Å². The molecule has 0 saturated carbocycles. The Bertz CT molecular complexity index is 1230. The summed E-state index contributed by atoms with van der Waals surface area (Å²) in [6.45, 7) is 2.23. The summed E-state index contributed by atoms with van der Waals surface area (Å²) in [6, 6.07) is 14.5. The summed E-state index contributed by atoms with van der Waals surface area (Å²) in [5.74, 6) is 1.82. The zero-order chi connectivity index (χ0) is 20.9. The Morgan fingerprint density at radius 1 is 1.27 bits per heavy atom. The van der Waals surface area contributed by atoms with Crippen LogP contribution in [0.1, 0.15) is 12.5 Å². The standard InChI is InChI=1S/C22H24N4O3Si/c1-14-11-30(12-14,22-25-23-13-26(22)2)17-6-4-5-16(9-17)21-24-18-7-15(10-27)8-19(28-3)20(18)29-21/h4-9,13-14,27H,10-12H2,1-3H3/t14-,30+. The first-order valence-corrected chi connectivity index (χ1v) is 12.5. The van der Waals surface area contributed by atoms with Crippen molar-refractivity contribution in [2.75, 3.05) is 7.11 Å². The Morgan fingerprint density at radius 3 is 2.77 bits per heavy atom. The van der Waals surface area contributed by atoms with Crippen molar-refractivity contribution in [3.05, 3.63) is 48.3 Å². The molecular weight excluding hydrogens is 396 g/mol. The molecule has 154 valence electrons. The molecule has 1 fully saturated rings. The minimum Gasteiger partial charge on any atom is -0.493 e. The minimum atomic E-state index is -1.92. The molecule has 0 aliphatic carbocycles. The number of benzene rings is 2. The number of hydrogen-bond donors (Lipinski definition) is 1. The lowest BCUT2D eigenvalue weighted by molar-refractivity contribution is 0.281. The normalized spacial score (nSPS) is 21.0. The highest BCUT2D eigenvalue weighted by Gasteiger charge is 2.50. The summed E-state index contributed by atoms with van der Waals surface area (Å²) >= 11 is 0. The highest BCUT2D eigenvalue weighted by Crippen LogP contribution is 2.38. The maximum atomic E-state index is 9.51. The molecule has 0 bridgehead atoms. The van der Waals surface area contributed by atoms with Crippen molar-refractivity contribution in [2.45, 2.75) is 25.6 Å². The first kappa shape index (κ1) is 19.0. The van der Waals surface area contributed by atoms with E-state index in [0.717, 1.165) is 16.6 Å². The number of methoxy groups -OCH3 is 1. The largest absolute Gasteiger partial charge is 0.493 e. The Labute approximate surface area is 175 Å². The van der Waals surface area contributed by atoms with E-state index in [2.05, 4.69) is 44.9 Å². The maximum absolute atomic E-state index is 9.51. The van der Waals surface area contributed by atoms with Gasteiger partial charge in [0.2, 0.25) is 5.89 Å². The number of hydrogen-bond acceptors (Lipinski definition) is 6. The lowest BCUT2D eigenvalue weighted by Gasteiger charge is -2.43.